The minimum atomic E-state index is -0.909. The molecule has 1 amide bonds. The summed E-state index contributed by atoms with van der Waals surface area (Å²) >= 11 is 0. The van der Waals surface area contributed by atoms with Crippen molar-refractivity contribution in [2.75, 3.05) is 6.54 Å². The van der Waals surface area contributed by atoms with Crippen LogP contribution >= 0.6 is 0 Å². The van der Waals surface area contributed by atoms with Crippen LogP contribution in [0.5, 0.6) is 0 Å². The van der Waals surface area contributed by atoms with E-state index in [9.17, 15) is 9.59 Å². The van der Waals surface area contributed by atoms with Gasteiger partial charge in [-0.25, -0.2) is 0 Å². The van der Waals surface area contributed by atoms with Gasteiger partial charge in [-0.15, -0.1) is 0 Å². The van der Waals surface area contributed by atoms with Crippen molar-refractivity contribution >= 4 is 11.9 Å². The summed E-state index contributed by atoms with van der Waals surface area (Å²) in [5, 5.41) is 11.4. The van der Waals surface area contributed by atoms with Crippen LogP contribution in [0.25, 0.3) is 0 Å². The monoisotopic (exact) mass is 202 g/mol. The lowest BCUT2D eigenvalue weighted by Crippen LogP contribution is -2.41. The van der Waals surface area contributed by atoms with Crippen LogP contribution in [0.15, 0.2) is 0 Å². The summed E-state index contributed by atoms with van der Waals surface area (Å²) in [5.74, 6) is -1.39. The summed E-state index contributed by atoms with van der Waals surface area (Å²) in [4.78, 5) is 21.1. The summed E-state index contributed by atoms with van der Waals surface area (Å²) in [6.07, 6.45) is 2.20. The number of carbonyl (C=O) groups is 2. The number of unbranched alkanes of at least 4 members (excludes halogenated alkanes) is 1. The van der Waals surface area contributed by atoms with Crippen molar-refractivity contribution in [1.82, 2.24) is 5.32 Å². The first-order valence-corrected chi connectivity index (χ1v) is 4.82. The van der Waals surface area contributed by atoms with Gasteiger partial charge in [-0.2, -0.15) is 0 Å². The molecule has 0 unspecified atom stereocenters. The van der Waals surface area contributed by atoms with E-state index in [1.807, 2.05) is 6.92 Å². The molecule has 0 aromatic carbocycles. The first kappa shape index (κ1) is 12.9. The smallest absolute Gasteiger partial charge is 0.303 e. The molecule has 5 nitrogen and oxygen atoms in total. The van der Waals surface area contributed by atoms with E-state index in [1.165, 1.54) is 0 Å². The Morgan fingerprint density at radius 2 is 2.14 bits per heavy atom. The molecule has 0 heterocycles. The first-order valence-electron chi connectivity index (χ1n) is 4.82. The number of nitrogens with two attached hydrogens (primary N) is 1. The number of amides is 1. The number of rotatable bonds is 8. The highest BCUT2D eigenvalue weighted by molar-refractivity contribution is 5.80. The maximum atomic E-state index is 10.9. The number of carbonyl (C=O) groups excluding carboxylic acids is 1. The molecule has 0 spiro atoms. The highest BCUT2D eigenvalue weighted by Crippen LogP contribution is 1.97. The van der Waals surface area contributed by atoms with Gasteiger partial charge in [0.15, 0.2) is 0 Å². The second kappa shape index (κ2) is 7.32. The van der Waals surface area contributed by atoms with Crippen LogP contribution in [-0.2, 0) is 9.59 Å². The fraction of sp³-hybridized carbons (Fsp3) is 0.778. The van der Waals surface area contributed by atoms with Crippen LogP contribution in [0, 0.1) is 0 Å². The Morgan fingerprint density at radius 3 is 2.57 bits per heavy atom. The van der Waals surface area contributed by atoms with E-state index in [0.717, 1.165) is 12.8 Å². The lowest BCUT2D eigenvalue weighted by Gasteiger charge is -2.13. The van der Waals surface area contributed by atoms with Crippen LogP contribution in [-0.4, -0.2) is 29.6 Å². The molecule has 0 saturated carbocycles. The molecule has 0 aromatic rings. The highest BCUT2D eigenvalue weighted by atomic mass is 16.4. The van der Waals surface area contributed by atoms with Crippen LogP contribution < -0.4 is 11.1 Å². The Kier molecular flexibility index (Phi) is 6.74. The zero-order valence-corrected chi connectivity index (χ0v) is 8.45. The lowest BCUT2D eigenvalue weighted by atomic mass is 10.1. The molecule has 0 fully saturated rings. The minimum Gasteiger partial charge on any atom is -0.481 e. The van der Waals surface area contributed by atoms with Crippen molar-refractivity contribution in [3.05, 3.63) is 0 Å². The maximum Gasteiger partial charge on any atom is 0.303 e. The van der Waals surface area contributed by atoms with Crippen LogP contribution in [0.1, 0.15) is 32.6 Å². The van der Waals surface area contributed by atoms with Crippen molar-refractivity contribution in [2.24, 2.45) is 5.73 Å². The SMILES string of the molecule is CCCCN[C@@H](CCC(=O)O)C(N)=O. The fourth-order valence-electron chi connectivity index (χ4n) is 1.07. The van der Waals surface area contributed by atoms with Crippen LogP contribution in [0.2, 0.25) is 0 Å². The summed E-state index contributed by atoms with van der Waals surface area (Å²) in [5.41, 5.74) is 5.11. The van der Waals surface area contributed by atoms with Crippen molar-refractivity contribution in [3.63, 3.8) is 0 Å². The number of nitrogens with one attached hydrogen (secondary N) is 1. The molecule has 0 bridgehead atoms. The molecule has 1 atom stereocenters. The molecule has 0 radical (unpaired) electrons. The third kappa shape index (κ3) is 6.42. The summed E-state index contributed by atoms with van der Waals surface area (Å²) < 4.78 is 0. The molecular weight excluding hydrogens is 184 g/mol. The van der Waals surface area contributed by atoms with Crippen LogP contribution in [0.4, 0.5) is 0 Å². The lowest BCUT2D eigenvalue weighted by molar-refractivity contribution is -0.137. The predicted molar refractivity (Wildman–Crippen MR) is 52.8 cm³/mol. The number of hydrogen-bond donors (Lipinski definition) is 3. The number of carboxylic acids is 1. The standard InChI is InChI=1S/C9H18N2O3/c1-2-3-6-11-7(9(10)14)4-5-8(12)13/h7,11H,2-6H2,1H3,(H2,10,14)(H,12,13)/t7-/m0/s1. The van der Waals surface area contributed by atoms with E-state index in [2.05, 4.69) is 5.32 Å². The van der Waals surface area contributed by atoms with Crippen LogP contribution in [0.3, 0.4) is 0 Å². The molecule has 14 heavy (non-hydrogen) atoms. The van der Waals surface area contributed by atoms with Gasteiger partial charge >= 0.3 is 5.97 Å². The van der Waals surface area contributed by atoms with E-state index in [0.29, 0.717) is 6.54 Å². The van der Waals surface area contributed by atoms with Gasteiger partial charge in [-0.1, -0.05) is 13.3 Å². The molecule has 0 rings (SSSR count). The van der Waals surface area contributed by atoms with E-state index in [1.54, 1.807) is 0 Å². The molecule has 0 aliphatic carbocycles. The summed E-state index contributed by atoms with van der Waals surface area (Å²) in [6, 6.07) is -0.516. The molecule has 0 aliphatic rings. The fourth-order valence-corrected chi connectivity index (χ4v) is 1.07. The second-order valence-electron chi connectivity index (χ2n) is 3.20. The van der Waals surface area contributed by atoms with E-state index < -0.39 is 17.9 Å². The number of primary amides is 1. The molecule has 0 saturated heterocycles. The second-order valence-corrected chi connectivity index (χ2v) is 3.20. The predicted octanol–water partition coefficient (Wildman–Crippen LogP) is 0.0948. The van der Waals surface area contributed by atoms with Gasteiger partial charge in [0.25, 0.3) is 0 Å². The third-order valence-electron chi connectivity index (χ3n) is 1.91. The van der Waals surface area contributed by atoms with E-state index >= 15 is 0 Å². The summed E-state index contributed by atoms with van der Waals surface area (Å²) in [7, 11) is 0. The van der Waals surface area contributed by atoms with Crippen molar-refractivity contribution in [1.29, 1.82) is 0 Å². The van der Waals surface area contributed by atoms with E-state index in [4.69, 9.17) is 10.8 Å². The van der Waals surface area contributed by atoms with Gasteiger partial charge in [0.1, 0.15) is 0 Å². The molecule has 5 heteroatoms. The topological polar surface area (TPSA) is 92.4 Å². The molecule has 0 aromatic heterocycles. The molecule has 82 valence electrons. The van der Waals surface area contributed by atoms with Gasteiger partial charge in [0.2, 0.25) is 5.91 Å². The average molecular weight is 202 g/mol. The minimum absolute atomic E-state index is 0.0350. The average Bonchev–Trinajstić information content (AvgIpc) is 2.10. The summed E-state index contributed by atoms with van der Waals surface area (Å²) in [6.45, 7) is 2.74. The van der Waals surface area contributed by atoms with Crippen molar-refractivity contribution < 1.29 is 14.7 Å². The maximum absolute atomic E-state index is 10.9. The van der Waals surface area contributed by atoms with Gasteiger partial charge in [-0.3, -0.25) is 9.59 Å². The Labute approximate surface area is 83.7 Å². The number of aliphatic carboxylic acids is 1. The Morgan fingerprint density at radius 1 is 1.50 bits per heavy atom. The quantitative estimate of drug-likeness (QED) is 0.486. The van der Waals surface area contributed by atoms with Crippen molar-refractivity contribution in [3.8, 4) is 0 Å². The van der Waals surface area contributed by atoms with Gasteiger partial charge in [0.05, 0.1) is 6.04 Å². The molecule has 0 aliphatic heterocycles. The molecular formula is C9H18N2O3. The third-order valence-corrected chi connectivity index (χ3v) is 1.91. The zero-order valence-electron chi connectivity index (χ0n) is 8.45. The van der Waals surface area contributed by atoms with Gasteiger partial charge in [-0.05, 0) is 19.4 Å². The highest BCUT2D eigenvalue weighted by Gasteiger charge is 2.15. The largest absolute Gasteiger partial charge is 0.481 e. The van der Waals surface area contributed by atoms with Crippen molar-refractivity contribution in [2.45, 2.75) is 38.6 Å². The van der Waals surface area contributed by atoms with Gasteiger partial charge < -0.3 is 16.2 Å². The Bertz CT molecular complexity index is 194. The Hall–Kier alpha value is -1.10. The Balaban J connectivity index is 3.78. The number of carboxylic acid groups (broad SMARTS) is 1. The zero-order chi connectivity index (χ0) is 11.0. The first-order chi connectivity index (χ1) is 6.57. The molecule has 4 N–H and O–H groups in total. The normalized spacial score (nSPS) is 12.4. The van der Waals surface area contributed by atoms with Gasteiger partial charge in [0, 0.05) is 6.42 Å². The number of hydrogen-bond acceptors (Lipinski definition) is 3. The van der Waals surface area contributed by atoms with E-state index in [-0.39, 0.29) is 12.8 Å².